The number of amides is 1. The van der Waals surface area contributed by atoms with Gasteiger partial charge in [-0.05, 0) is 49.4 Å². The molecule has 1 fully saturated rings. The number of aromatic nitrogens is 3. The van der Waals surface area contributed by atoms with Crippen LogP contribution in [0.5, 0.6) is 5.75 Å². The van der Waals surface area contributed by atoms with Crippen LogP contribution in [0, 0.1) is 5.82 Å². The molecule has 2 aliphatic rings. The zero-order valence-corrected chi connectivity index (χ0v) is 18.6. The number of benzene rings is 1. The molecular weight excluding hydrogens is 425 g/mol. The highest BCUT2D eigenvalue weighted by molar-refractivity contribution is 5.73. The second kappa shape index (κ2) is 8.80. The lowest BCUT2D eigenvalue weighted by atomic mass is 9.80. The van der Waals surface area contributed by atoms with Crippen molar-refractivity contribution in [3.63, 3.8) is 0 Å². The molecule has 8 nitrogen and oxygen atoms in total. The van der Waals surface area contributed by atoms with Crippen LogP contribution in [0.3, 0.4) is 0 Å². The van der Waals surface area contributed by atoms with Gasteiger partial charge in [0.05, 0.1) is 30.2 Å². The number of nitrogens with zero attached hydrogens (tertiary/aromatic N) is 4. The fourth-order valence-electron chi connectivity index (χ4n) is 4.41. The van der Waals surface area contributed by atoms with Crippen molar-refractivity contribution in [1.29, 1.82) is 0 Å². The van der Waals surface area contributed by atoms with Crippen LogP contribution in [0.15, 0.2) is 41.2 Å². The summed E-state index contributed by atoms with van der Waals surface area (Å²) in [5, 5.41) is 6.99. The summed E-state index contributed by atoms with van der Waals surface area (Å²) in [6.07, 6.45) is 5.16. The molecule has 0 radical (unpaired) electrons. The summed E-state index contributed by atoms with van der Waals surface area (Å²) in [4.78, 5) is 21.5. The Hall–Kier alpha value is -3.49. The van der Waals surface area contributed by atoms with E-state index in [4.69, 9.17) is 9.26 Å². The van der Waals surface area contributed by atoms with Crippen LogP contribution in [-0.2, 0) is 17.8 Å². The summed E-state index contributed by atoms with van der Waals surface area (Å²) < 4.78 is 24.7. The molecule has 1 atom stereocenters. The molecule has 5 rings (SSSR count). The first kappa shape index (κ1) is 21.4. The van der Waals surface area contributed by atoms with Crippen LogP contribution in [0.4, 0.5) is 10.3 Å². The van der Waals surface area contributed by atoms with Crippen molar-refractivity contribution in [1.82, 2.24) is 20.4 Å². The maximum atomic E-state index is 13.1. The Kier molecular flexibility index (Phi) is 5.70. The number of carbonyl (C=O) groups is 1. The Labute approximate surface area is 191 Å². The van der Waals surface area contributed by atoms with Crippen molar-refractivity contribution in [3.05, 3.63) is 65.1 Å². The first-order chi connectivity index (χ1) is 15.9. The predicted molar refractivity (Wildman–Crippen MR) is 118 cm³/mol. The Morgan fingerprint density at radius 2 is 2.03 bits per heavy atom. The van der Waals surface area contributed by atoms with Crippen molar-refractivity contribution in [3.8, 4) is 5.75 Å². The summed E-state index contributed by atoms with van der Waals surface area (Å²) >= 11 is 0. The smallest absolute Gasteiger partial charge is 0.225 e. The molecular formula is C24H26FN5O3. The van der Waals surface area contributed by atoms with Gasteiger partial charge in [0, 0.05) is 32.0 Å². The third kappa shape index (κ3) is 4.67. The van der Waals surface area contributed by atoms with Gasteiger partial charge in [-0.2, -0.15) is 0 Å². The standard InChI is InChI=1S/C24H26FN5O3/c1-14(28-15(2)31)23-10-22(29-33-23)18-8-21(9-18)32-20-4-3-17-13-30(6-5-16(17)7-20)24-26-11-19(25)12-27-24/h3-4,7,10-12,14,18,21H,5-6,8-9,13H2,1-2H3,(H,28,31)/t14-,18?,21?/m0/s1. The molecule has 1 aliphatic carbocycles. The molecule has 9 heteroatoms. The minimum atomic E-state index is -0.431. The Bertz CT molecular complexity index is 1140. The van der Waals surface area contributed by atoms with E-state index >= 15 is 0 Å². The Morgan fingerprint density at radius 3 is 2.79 bits per heavy atom. The Morgan fingerprint density at radius 1 is 1.24 bits per heavy atom. The molecule has 3 heterocycles. The summed E-state index contributed by atoms with van der Waals surface area (Å²) in [7, 11) is 0. The quantitative estimate of drug-likeness (QED) is 0.611. The largest absolute Gasteiger partial charge is 0.490 e. The topological polar surface area (TPSA) is 93.4 Å². The average Bonchev–Trinajstić information content (AvgIpc) is 3.25. The molecule has 1 N–H and O–H groups in total. The van der Waals surface area contributed by atoms with Crippen molar-refractivity contribution in [2.24, 2.45) is 0 Å². The van der Waals surface area contributed by atoms with E-state index in [1.54, 1.807) is 0 Å². The zero-order chi connectivity index (χ0) is 22.9. The number of ether oxygens (including phenoxy) is 1. The highest BCUT2D eigenvalue weighted by atomic mass is 19.1. The number of fused-ring (bicyclic) bond motifs is 1. The summed E-state index contributed by atoms with van der Waals surface area (Å²) in [6.45, 7) is 4.83. The molecule has 0 spiro atoms. The van der Waals surface area contributed by atoms with Crippen molar-refractivity contribution < 1.29 is 18.4 Å². The lowest BCUT2D eigenvalue weighted by Crippen LogP contribution is -2.33. The number of halogens is 1. The van der Waals surface area contributed by atoms with Gasteiger partial charge < -0.3 is 19.5 Å². The highest BCUT2D eigenvalue weighted by Crippen LogP contribution is 2.39. The van der Waals surface area contributed by atoms with Gasteiger partial charge in [-0.3, -0.25) is 4.79 Å². The second-order valence-electron chi connectivity index (χ2n) is 8.79. The molecule has 172 valence electrons. The molecule has 1 amide bonds. The van der Waals surface area contributed by atoms with E-state index in [9.17, 15) is 9.18 Å². The van der Waals surface area contributed by atoms with Crippen LogP contribution in [0.1, 0.15) is 61.2 Å². The molecule has 0 unspecified atom stereocenters. The third-order valence-electron chi connectivity index (χ3n) is 6.29. The number of hydrogen-bond donors (Lipinski definition) is 1. The van der Waals surface area contributed by atoms with E-state index in [0.717, 1.165) is 37.3 Å². The van der Waals surface area contributed by atoms with Gasteiger partial charge in [0.2, 0.25) is 11.9 Å². The van der Waals surface area contributed by atoms with Gasteiger partial charge in [0.1, 0.15) is 5.75 Å². The summed E-state index contributed by atoms with van der Waals surface area (Å²) in [5.41, 5.74) is 3.38. The maximum absolute atomic E-state index is 13.1. The van der Waals surface area contributed by atoms with Crippen LogP contribution < -0.4 is 15.0 Å². The van der Waals surface area contributed by atoms with E-state index in [2.05, 4.69) is 37.5 Å². The number of carbonyl (C=O) groups excluding carboxylic acids is 1. The molecule has 1 aliphatic heterocycles. The molecule has 0 saturated heterocycles. The zero-order valence-electron chi connectivity index (χ0n) is 18.6. The fraction of sp³-hybridized carbons (Fsp3) is 0.417. The van der Waals surface area contributed by atoms with Crippen molar-refractivity contribution in [2.45, 2.75) is 57.7 Å². The molecule has 33 heavy (non-hydrogen) atoms. The summed E-state index contributed by atoms with van der Waals surface area (Å²) in [5.74, 6) is 1.87. The van der Waals surface area contributed by atoms with E-state index in [0.29, 0.717) is 24.2 Å². The number of hydrogen-bond acceptors (Lipinski definition) is 7. The van der Waals surface area contributed by atoms with Crippen LogP contribution >= 0.6 is 0 Å². The first-order valence-corrected chi connectivity index (χ1v) is 11.2. The van der Waals surface area contributed by atoms with E-state index < -0.39 is 5.82 Å². The number of nitrogens with one attached hydrogen (secondary N) is 1. The SMILES string of the molecule is CC(=O)N[C@@H](C)c1cc(C2CC(Oc3ccc4c(c3)CCN(c3ncc(F)cn3)C4)C2)no1. The van der Waals surface area contributed by atoms with Gasteiger partial charge in [-0.25, -0.2) is 14.4 Å². The first-order valence-electron chi connectivity index (χ1n) is 11.2. The third-order valence-corrected chi connectivity index (χ3v) is 6.29. The monoisotopic (exact) mass is 451 g/mol. The van der Waals surface area contributed by atoms with Gasteiger partial charge in [-0.15, -0.1) is 0 Å². The summed E-state index contributed by atoms with van der Waals surface area (Å²) in [6, 6.07) is 7.94. The number of rotatable bonds is 6. The normalized spacial score (nSPS) is 20.5. The highest BCUT2D eigenvalue weighted by Gasteiger charge is 2.35. The van der Waals surface area contributed by atoms with E-state index in [1.165, 1.54) is 30.4 Å². The van der Waals surface area contributed by atoms with Gasteiger partial charge >= 0.3 is 0 Å². The second-order valence-corrected chi connectivity index (χ2v) is 8.79. The maximum Gasteiger partial charge on any atom is 0.225 e. The van der Waals surface area contributed by atoms with Crippen molar-refractivity contribution in [2.75, 3.05) is 11.4 Å². The number of anilines is 1. The minimum absolute atomic E-state index is 0.0981. The molecule has 0 bridgehead atoms. The molecule has 1 aromatic carbocycles. The Balaban J connectivity index is 1.15. The average molecular weight is 452 g/mol. The van der Waals surface area contributed by atoms with Crippen LogP contribution in [0.25, 0.3) is 0 Å². The van der Waals surface area contributed by atoms with Gasteiger partial charge in [0.15, 0.2) is 11.6 Å². The predicted octanol–water partition coefficient (Wildman–Crippen LogP) is 3.69. The lowest BCUT2D eigenvalue weighted by Gasteiger charge is -2.34. The van der Waals surface area contributed by atoms with E-state index in [1.807, 2.05) is 19.1 Å². The molecule has 1 saturated carbocycles. The van der Waals surface area contributed by atoms with Crippen LogP contribution in [-0.4, -0.2) is 33.7 Å². The van der Waals surface area contributed by atoms with E-state index in [-0.39, 0.29) is 18.1 Å². The minimum Gasteiger partial charge on any atom is -0.490 e. The van der Waals surface area contributed by atoms with Crippen molar-refractivity contribution >= 4 is 11.9 Å². The fourth-order valence-corrected chi connectivity index (χ4v) is 4.41. The molecule has 3 aromatic rings. The van der Waals surface area contributed by atoms with Crippen LogP contribution in [0.2, 0.25) is 0 Å². The lowest BCUT2D eigenvalue weighted by molar-refractivity contribution is -0.119. The van der Waals surface area contributed by atoms with Gasteiger partial charge in [-0.1, -0.05) is 11.2 Å². The van der Waals surface area contributed by atoms with Gasteiger partial charge in [0.25, 0.3) is 0 Å². The molecule has 2 aromatic heterocycles.